The highest BCUT2D eigenvalue weighted by Gasteiger charge is 2.16. The number of rotatable bonds is 8. The van der Waals surface area contributed by atoms with Gasteiger partial charge in [0, 0.05) is 6.16 Å². The largest absolute Gasteiger partial charge is 0.328 e. The molecule has 0 aromatic carbocycles. The molecule has 1 unspecified atom stereocenters. The Balaban J connectivity index is 3.40. The van der Waals surface area contributed by atoms with E-state index in [1.165, 1.54) is 0 Å². The van der Waals surface area contributed by atoms with Crippen molar-refractivity contribution in [3.05, 3.63) is 12.7 Å². The van der Waals surface area contributed by atoms with Crippen LogP contribution in [0.4, 0.5) is 0 Å². The van der Waals surface area contributed by atoms with Crippen LogP contribution in [0.2, 0.25) is 0 Å². The number of unbranched alkanes of at least 4 members (excludes halogenated alkanes) is 3. The van der Waals surface area contributed by atoms with Crippen LogP contribution < -0.4 is 0 Å². The van der Waals surface area contributed by atoms with Gasteiger partial charge in [-0.2, -0.15) is 0 Å². The molecule has 13 heavy (non-hydrogen) atoms. The van der Waals surface area contributed by atoms with E-state index in [2.05, 4.69) is 6.58 Å². The third-order valence-corrected chi connectivity index (χ3v) is 3.22. The van der Waals surface area contributed by atoms with Crippen LogP contribution in [0.1, 0.15) is 32.6 Å². The smallest absolute Gasteiger partial charge is 0.324 e. The quantitative estimate of drug-likeness (QED) is 0.377. The summed E-state index contributed by atoms with van der Waals surface area (Å²) in [5, 5.41) is 0. The molecule has 0 aliphatic rings. The van der Waals surface area contributed by atoms with Crippen LogP contribution in [-0.2, 0) is 9.09 Å². The summed E-state index contributed by atoms with van der Waals surface area (Å²) in [6.07, 6.45) is 5.87. The van der Waals surface area contributed by atoms with E-state index in [-0.39, 0.29) is 6.16 Å². The van der Waals surface area contributed by atoms with Gasteiger partial charge in [-0.25, -0.2) is 0 Å². The van der Waals surface area contributed by atoms with Crippen molar-refractivity contribution >= 4 is 7.60 Å². The highest BCUT2D eigenvalue weighted by atomic mass is 31.2. The Morgan fingerprint density at radius 2 is 2.15 bits per heavy atom. The molecule has 3 nitrogen and oxygen atoms in total. The summed E-state index contributed by atoms with van der Waals surface area (Å²) in [6, 6.07) is 0. The molecule has 0 heterocycles. The van der Waals surface area contributed by atoms with E-state index in [1.54, 1.807) is 6.92 Å². The van der Waals surface area contributed by atoms with Crippen molar-refractivity contribution in [3.63, 3.8) is 0 Å². The molecule has 0 rings (SSSR count). The van der Waals surface area contributed by atoms with Gasteiger partial charge < -0.3 is 9.42 Å². The molecule has 1 atom stereocenters. The first-order valence-electron chi connectivity index (χ1n) is 4.69. The summed E-state index contributed by atoms with van der Waals surface area (Å²) in [7, 11) is -3.27. The molecule has 0 saturated heterocycles. The van der Waals surface area contributed by atoms with Crippen molar-refractivity contribution in [1.82, 2.24) is 0 Å². The molecule has 0 aliphatic carbocycles. The Bertz CT molecular complexity index is 180. The summed E-state index contributed by atoms with van der Waals surface area (Å²) in [4.78, 5) is 9.18. The average Bonchev–Trinajstić information content (AvgIpc) is 2.04. The maximum absolute atomic E-state index is 11.2. The minimum absolute atomic E-state index is 0.276. The van der Waals surface area contributed by atoms with E-state index in [4.69, 9.17) is 4.52 Å². The maximum Gasteiger partial charge on any atom is 0.328 e. The van der Waals surface area contributed by atoms with Gasteiger partial charge in [-0.1, -0.05) is 12.5 Å². The van der Waals surface area contributed by atoms with Gasteiger partial charge in [-0.15, -0.1) is 6.58 Å². The number of hydrogen-bond acceptors (Lipinski definition) is 2. The standard InChI is InChI=1S/C9H19O3P/c1-3-5-6-7-8-9-13(10,11)12-4-2/h3H,1,4-9H2,2H3,(H,10,11). The molecule has 0 spiro atoms. The molecule has 0 amide bonds. The summed E-state index contributed by atoms with van der Waals surface area (Å²) >= 11 is 0. The molecule has 0 aromatic heterocycles. The minimum Gasteiger partial charge on any atom is -0.324 e. The molecule has 0 bridgehead atoms. The van der Waals surface area contributed by atoms with Crippen molar-refractivity contribution in [1.29, 1.82) is 0 Å². The van der Waals surface area contributed by atoms with Crippen molar-refractivity contribution in [2.45, 2.75) is 32.6 Å². The third-order valence-electron chi connectivity index (χ3n) is 1.68. The van der Waals surface area contributed by atoms with Gasteiger partial charge in [0.15, 0.2) is 0 Å². The van der Waals surface area contributed by atoms with Gasteiger partial charge >= 0.3 is 7.60 Å². The first kappa shape index (κ1) is 12.9. The van der Waals surface area contributed by atoms with Crippen molar-refractivity contribution in [2.24, 2.45) is 0 Å². The maximum atomic E-state index is 11.2. The Morgan fingerprint density at radius 1 is 1.46 bits per heavy atom. The molecule has 0 fully saturated rings. The monoisotopic (exact) mass is 206 g/mol. The summed E-state index contributed by atoms with van der Waals surface area (Å²) in [5.74, 6) is 0. The van der Waals surface area contributed by atoms with E-state index in [0.717, 1.165) is 25.7 Å². The van der Waals surface area contributed by atoms with E-state index in [1.807, 2.05) is 6.08 Å². The summed E-state index contributed by atoms with van der Waals surface area (Å²) in [6.45, 7) is 5.64. The van der Waals surface area contributed by atoms with Crippen LogP contribution in [0.3, 0.4) is 0 Å². The fraction of sp³-hybridized carbons (Fsp3) is 0.778. The topological polar surface area (TPSA) is 46.5 Å². The molecule has 0 aromatic rings. The molecule has 78 valence electrons. The van der Waals surface area contributed by atoms with Crippen molar-refractivity contribution < 1.29 is 14.0 Å². The predicted octanol–water partition coefficient (Wildman–Crippen LogP) is 2.95. The fourth-order valence-corrected chi connectivity index (χ4v) is 2.20. The first-order valence-corrected chi connectivity index (χ1v) is 6.46. The van der Waals surface area contributed by atoms with Crippen LogP contribution >= 0.6 is 7.60 Å². The van der Waals surface area contributed by atoms with Gasteiger partial charge in [0.25, 0.3) is 0 Å². The molecule has 4 heteroatoms. The van der Waals surface area contributed by atoms with Crippen molar-refractivity contribution in [2.75, 3.05) is 12.8 Å². The van der Waals surface area contributed by atoms with Gasteiger partial charge in [0.2, 0.25) is 0 Å². The lowest BCUT2D eigenvalue weighted by atomic mass is 10.2. The second-order valence-electron chi connectivity index (χ2n) is 2.92. The molecule has 0 aliphatic heterocycles. The molecule has 1 N–H and O–H groups in total. The first-order chi connectivity index (χ1) is 6.12. The second kappa shape index (κ2) is 7.31. The zero-order valence-electron chi connectivity index (χ0n) is 8.24. The van der Waals surface area contributed by atoms with Gasteiger partial charge in [-0.05, 0) is 26.2 Å². The second-order valence-corrected chi connectivity index (χ2v) is 4.90. The third kappa shape index (κ3) is 8.23. The Kier molecular flexibility index (Phi) is 7.25. The van der Waals surface area contributed by atoms with Crippen LogP contribution in [0, 0.1) is 0 Å². The zero-order chi connectivity index (χ0) is 10.2. The Morgan fingerprint density at radius 3 is 2.69 bits per heavy atom. The van der Waals surface area contributed by atoms with Crippen LogP contribution in [0.15, 0.2) is 12.7 Å². The number of allylic oxidation sites excluding steroid dienone is 1. The van der Waals surface area contributed by atoms with E-state index >= 15 is 0 Å². The van der Waals surface area contributed by atoms with E-state index in [0.29, 0.717) is 6.61 Å². The van der Waals surface area contributed by atoms with Gasteiger partial charge in [0.05, 0.1) is 6.61 Å². The zero-order valence-corrected chi connectivity index (χ0v) is 9.13. The molecular formula is C9H19O3P. The van der Waals surface area contributed by atoms with Gasteiger partial charge in [0.1, 0.15) is 0 Å². The van der Waals surface area contributed by atoms with E-state index in [9.17, 15) is 9.46 Å². The molecular weight excluding hydrogens is 187 g/mol. The van der Waals surface area contributed by atoms with Crippen LogP contribution in [-0.4, -0.2) is 17.7 Å². The lowest BCUT2D eigenvalue weighted by Gasteiger charge is -2.09. The van der Waals surface area contributed by atoms with Crippen LogP contribution in [0.25, 0.3) is 0 Å². The van der Waals surface area contributed by atoms with E-state index < -0.39 is 7.60 Å². The minimum atomic E-state index is -3.27. The van der Waals surface area contributed by atoms with Gasteiger partial charge in [-0.3, -0.25) is 4.57 Å². The fourth-order valence-electron chi connectivity index (χ4n) is 1.04. The lowest BCUT2D eigenvalue weighted by Crippen LogP contribution is -1.94. The molecule has 0 saturated carbocycles. The molecule has 0 radical (unpaired) electrons. The Hall–Kier alpha value is -0.110. The SMILES string of the molecule is C=CCCCCCP(=O)(O)OCC. The Labute approximate surface area is 80.3 Å². The average molecular weight is 206 g/mol. The lowest BCUT2D eigenvalue weighted by molar-refractivity contribution is 0.273. The normalized spacial score (nSPS) is 15.2. The van der Waals surface area contributed by atoms with Crippen molar-refractivity contribution in [3.8, 4) is 0 Å². The summed E-state index contributed by atoms with van der Waals surface area (Å²) in [5.41, 5.74) is 0. The van der Waals surface area contributed by atoms with Crippen LogP contribution in [0.5, 0.6) is 0 Å². The number of hydrogen-bond donors (Lipinski definition) is 1. The summed E-state index contributed by atoms with van der Waals surface area (Å²) < 4.78 is 15.9. The highest BCUT2D eigenvalue weighted by molar-refractivity contribution is 7.52. The predicted molar refractivity (Wildman–Crippen MR) is 55.0 cm³/mol. The highest BCUT2D eigenvalue weighted by Crippen LogP contribution is 2.42.